The summed E-state index contributed by atoms with van der Waals surface area (Å²) < 4.78 is 5.77. The molecule has 1 heterocycles. The van der Waals surface area contributed by atoms with Crippen molar-refractivity contribution in [3.8, 4) is 0 Å². The SMILES string of the molecule is CC1CC1c1ccc(CC(C)(C)N)o1. The van der Waals surface area contributed by atoms with Crippen molar-refractivity contribution in [2.75, 3.05) is 0 Å². The minimum Gasteiger partial charge on any atom is -0.466 e. The molecule has 0 amide bonds. The molecule has 0 bridgehead atoms. The average Bonchev–Trinajstić information content (AvgIpc) is 2.58. The van der Waals surface area contributed by atoms with Crippen LogP contribution in [0.4, 0.5) is 0 Å². The van der Waals surface area contributed by atoms with Gasteiger partial charge < -0.3 is 10.2 Å². The van der Waals surface area contributed by atoms with Crippen molar-refractivity contribution in [2.24, 2.45) is 11.7 Å². The second-order valence-electron chi connectivity index (χ2n) is 5.29. The molecule has 0 spiro atoms. The van der Waals surface area contributed by atoms with Crippen molar-refractivity contribution in [2.45, 2.75) is 45.1 Å². The van der Waals surface area contributed by atoms with Crippen molar-refractivity contribution < 1.29 is 4.42 Å². The summed E-state index contributed by atoms with van der Waals surface area (Å²) in [7, 11) is 0. The zero-order chi connectivity index (χ0) is 10.3. The molecule has 14 heavy (non-hydrogen) atoms. The van der Waals surface area contributed by atoms with E-state index in [0.717, 1.165) is 23.9 Å². The van der Waals surface area contributed by atoms with Gasteiger partial charge in [-0.05, 0) is 38.3 Å². The summed E-state index contributed by atoms with van der Waals surface area (Å²) in [5, 5.41) is 0. The molecule has 0 aliphatic heterocycles. The molecule has 0 radical (unpaired) electrons. The summed E-state index contributed by atoms with van der Waals surface area (Å²) in [4.78, 5) is 0. The quantitative estimate of drug-likeness (QED) is 0.801. The molecule has 1 aromatic heterocycles. The number of rotatable bonds is 3. The predicted molar refractivity (Wildman–Crippen MR) is 57.2 cm³/mol. The van der Waals surface area contributed by atoms with Crippen molar-refractivity contribution >= 4 is 0 Å². The van der Waals surface area contributed by atoms with Crippen LogP contribution in [0.2, 0.25) is 0 Å². The highest BCUT2D eigenvalue weighted by atomic mass is 16.3. The van der Waals surface area contributed by atoms with Crippen LogP contribution in [0.25, 0.3) is 0 Å². The Morgan fingerprint density at radius 1 is 1.50 bits per heavy atom. The first kappa shape index (κ1) is 9.78. The van der Waals surface area contributed by atoms with Crippen LogP contribution in [0.1, 0.15) is 44.6 Å². The van der Waals surface area contributed by atoms with Gasteiger partial charge in [0.1, 0.15) is 11.5 Å². The normalized spacial score (nSPS) is 26.6. The molecule has 1 fully saturated rings. The van der Waals surface area contributed by atoms with Crippen molar-refractivity contribution in [3.63, 3.8) is 0 Å². The lowest BCUT2D eigenvalue weighted by molar-refractivity contribution is 0.409. The Labute approximate surface area is 85.5 Å². The second kappa shape index (κ2) is 3.13. The van der Waals surface area contributed by atoms with E-state index in [1.54, 1.807) is 0 Å². The predicted octanol–water partition coefficient (Wildman–Crippen LogP) is 2.68. The monoisotopic (exact) mass is 193 g/mol. The van der Waals surface area contributed by atoms with E-state index in [9.17, 15) is 0 Å². The lowest BCUT2D eigenvalue weighted by Gasteiger charge is -2.15. The Kier molecular flexibility index (Phi) is 2.18. The third-order valence-corrected chi connectivity index (χ3v) is 2.79. The summed E-state index contributed by atoms with van der Waals surface area (Å²) in [6, 6.07) is 4.17. The summed E-state index contributed by atoms with van der Waals surface area (Å²) in [6.07, 6.45) is 2.09. The highest BCUT2D eigenvalue weighted by molar-refractivity contribution is 5.18. The van der Waals surface area contributed by atoms with Gasteiger partial charge in [0.15, 0.2) is 0 Å². The highest BCUT2D eigenvalue weighted by Crippen LogP contribution is 2.47. The molecule has 1 aromatic rings. The Hall–Kier alpha value is -0.760. The molecule has 78 valence electrons. The van der Waals surface area contributed by atoms with Gasteiger partial charge in [-0.1, -0.05) is 6.92 Å². The van der Waals surface area contributed by atoms with Crippen LogP contribution in [0.5, 0.6) is 0 Å². The van der Waals surface area contributed by atoms with Gasteiger partial charge in [0.05, 0.1) is 0 Å². The van der Waals surface area contributed by atoms with Gasteiger partial charge in [-0.3, -0.25) is 0 Å². The first-order chi connectivity index (χ1) is 6.46. The molecule has 0 aromatic carbocycles. The van der Waals surface area contributed by atoms with Gasteiger partial charge in [0.2, 0.25) is 0 Å². The van der Waals surface area contributed by atoms with Crippen LogP contribution in [0.15, 0.2) is 16.5 Å². The Bertz CT molecular complexity index is 321. The third kappa shape index (κ3) is 2.18. The number of nitrogens with two attached hydrogens (primary N) is 1. The molecule has 0 saturated heterocycles. The average molecular weight is 193 g/mol. The van der Waals surface area contributed by atoms with Crippen molar-refractivity contribution in [3.05, 3.63) is 23.7 Å². The number of furan rings is 1. The molecule has 2 nitrogen and oxygen atoms in total. The zero-order valence-corrected chi connectivity index (χ0v) is 9.21. The standard InChI is InChI=1S/C12H19NO/c1-8-6-10(8)11-5-4-9(14-11)7-12(2,3)13/h4-5,8,10H,6-7,13H2,1-3H3. The molecule has 1 aliphatic rings. The maximum absolute atomic E-state index is 5.94. The van der Waals surface area contributed by atoms with Crippen LogP contribution < -0.4 is 5.73 Å². The number of hydrogen-bond acceptors (Lipinski definition) is 2. The smallest absolute Gasteiger partial charge is 0.107 e. The highest BCUT2D eigenvalue weighted by Gasteiger charge is 2.36. The van der Waals surface area contributed by atoms with E-state index in [-0.39, 0.29) is 5.54 Å². The van der Waals surface area contributed by atoms with Crippen LogP contribution in [-0.4, -0.2) is 5.54 Å². The van der Waals surface area contributed by atoms with Crippen LogP contribution in [0, 0.1) is 5.92 Å². The first-order valence-electron chi connectivity index (χ1n) is 5.33. The molecule has 2 heteroatoms. The van der Waals surface area contributed by atoms with Gasteiger partial charge in [0, 0.05) is 17.9 Å². The van der Waals surface area contributed by atoms with E-state index < -0.39 is 0 Å². The summed E-state index contributed by atoms with van der Waals surface area (Å²) >= 11 is 0. The largest absolute Gasteiger partial charge is 0.466 e. The zero-order valence-electron chi connectivity index (χ0n) is 9.21. The summed E-state index contributed by atoms with van der Waals surface area (Å²) in [5.41, 5.74) is 5.76. The minimum absolute atomic E-state index is 0.176. The van der Waals surface area contributed by atoms with Gasteiger partial charge in [-0.15, -0.1) is 0 Å². The minimum atomic E-state index is -0.176. The Morgan fingerprint density at radius 3 is 2.64 bits per heavy atom. The molecule has 2 N–H and O–H groups in total. The molecule has 2 unspecified atom stereocenters. The molecule has 2 rings (SSSR count). The fraction of sp³-hybridized carbons (Fsp3) is 0.667. The summed E-state index contributed by atoms with van der Waals surface area (Å²) in [5.74, 6) is 3.65. The van der Waals surface area contributed by atoms with Gasteiger partial charge in [0.25, 0.3) is 0 Å². The van der Waals surface area contributed by atoms with Crippen molar-refractivity contribution in [1.82, 2.24) is 0 Å². The van der Waals surface area contributed by atoms with E-state index in [1.165, 1.54) is 6.42 Å². The molecular weight excluding hydrogens is 174 g/mol. The molecular formula is C12H19NO. The van der Waals surface area contributed by atoms with Gasteiger partial charge >= 0.3 is 0 Å². The first-order valence-corrected chi connectivity index (χ1v) is 5.33. The summed E-state index contributed by atoms with van der Waals surface area (Å²) in [6.45, 7) is 6.31. The number of hydrogen-bond donors (Lipinski definition) is 1. The lowest BCUT2D eigenvalue weighted by Crippen LogP contribution is -2.34. The van der Waals surface area contributed by atoms with E-state index >= 15 is 0 Å². The Balaban J connectivity index is 2.03. The topological polar surface area (TPSA) is 39.2 Å². The fourth-order valence-corrected chi connectivity index (χ4v) is 1.86. The maximum Gasteiger partial charge on any atom is 0.107 e. The van der Waals surface area contributed by atoms with Crippen LogP contribution in [-0.2, 0) is 6.42 Å². The Morgan fingerprint density at radius 2 is 2.14 bits per heavy atom. The third-order valence-electron chi connectivity index (χ3n) is 2.79. The molecule has 2 atom stereocenters. The van der Waals surface area contributed by atoms with E-state index in [4.69, 9.17) is 10.2 Å². The van der Waals surface area contributed by atoms with E-state index in [0.29, 0.717) is 5.92 Å². The van der Waals surface area contributed by atoms with Gasteiger partial charge in [-0.25, -0.2) is 0 Å². The molecule has 1 aliphatic carbocycles. The second-order valence-corrected chi connectivity index (χ2v) is 5.29. The van der Waals surface area contributed by atoms with E-state index in [2.05, 4.69) is 19.1 Å². The van der Waals surface area contributed by atoms with Crippen LogP contribution in [0.3, 0.4) is 0 Å². The maximum atomic E-state index is 5.94. The van der Waals surface area contributed by atoms with Gasteiger partial charge in [-0.2, -0.15) is 0 Å². The van der Waals surface area contributed by atoms with Crippen LogP contribution >= 0.6 is 0 Å². The fourth-order valence-electron chi connectivity index (χ4n) is 1.86. The van der Waals surface area contributed by atoms with E-state index in [1.807, 2.05) is 13.8 Å². The lowest BCUT2D eigenvalue weighted by atomic mass is 10.0. The molecule has 1 saturated carbocycles. The van der Waals surface area contributed by atoms with Crippen molar-refractivity contribution in [1.29, 1.82) is 0 Å².